The molecule has 0 heterocycles. The van der Waals surface area contributed by atoms with Crippen molar-refractivity contribution in [3.05, 3.63) is 35.4 Å². The SMILES string of the molecule is Cc1ccc(CN(C)C(=O)CO[C@H](C)C(=O)O)cc1. The third-order valence-electron chi connectivity index (χ3n) is 2.77. The second kappa shape index (κ2) is 6.89. The van der Waals surface area contributed by atoms with Crippen LogP contribution < -0.4 is 0 Å². The summed E-state index contributed by atoms with van der Waals surface area (Å²) in [5, 5.41) is 8.64. The lowest BCUT2D eigenvalue weighted by Crippen LogP contribution is -2.32. The maximum absolute atomic E-state index is 11.7. The van der Waals surface area contributed by atoms with Crippen molar-refractivity contribution >= 4 is 11.9 Å². The van der Waals surface area contributed by atoms with Crippen LogP contribution in [0.15, 0.2) is 24.3 Å². The van der Waals surface area contributed by atoms with E-state index in [1.165, 1.54) is 11.8 Å². The molecule has 5 nitrogen and oxygen atoms in total. The van der Waals surface area contributed by atoms with Gasteiger partial charge in [0.15, 0.2) is 6.10 Å². The molecule has 0 unspecified atom stereocenters. The van der Waals surface area contributed by atoms with Gasteiger partial charge in [0.05, 0.1) is 0 Å². The number of amides is 1. The lowest BCUT2D eigenvalue weighted by atomic mass is 10.1. The van der Waals surface area contributed by atoms with Gasteiger partial charge in [0.1, 0.15) is 6.61 Å². The van der Waals surface area contributed by atoms with Crippen LogP contribution in [0.3, 0.4) is 0 Å². The molecule has 1 atom stereocenters. The summed E-state index contributed by atoms with van der Waals surface area (Å²) < 4.78 is 4.95. The molecule has 0 saturated carbocycles. The van der Waals surface area contributed by atoms with Crippen LogP contribution in [0.4, 0.5) is 0 Å². The van der Waals surface area contributed by atoms with E-state index in [0.717, 1.165) is 11.1 Å². The number of hydrogen-bond acceptors (Lipinski definition) is 3. The summed E-state index contributed by atoms with van der Waals surface area (Å²) in [6, 6.07) is 7.88. The number of hydrogen-bond donors (Lipinski definition) is 1. The number of nitrogens with zero attached hydrogens (tertiary/aromatic N) is 1. The number of ether oxygens (including phenoxy) is 1. The molecule has 0 fully saturated rings. The molecule has 0 aliphatic heterocycles. The van der Waals surface area contributed by atoms with Gasteiger partial charge in [-0.15, -0.1) is 0 Å². The summed E-state index contributed by atoms with van der Waals surface area (Å²) in [5.74, 6) is -1.32. The van der Waals surface area contributed by atoms with Gasteiger partial charge < -0.3 is 14.7 Å². The fourth-order valence-corrected chi connectivity index (χ4v) is 1.43. The highest BCUT2D eigenvalue weighted by atomic mass is 16.5. The van der Waals surface area contributed by atoms with Crippen molar-refractivity contribution in [1.29, 1.82) is 0 Å². The normalized spacial score (nSPS) is 11.9. The molecule has 1 amide bonds. The van der Waals surface area contributed by atoms with Crippen LogP contribution >= 0.6 is 0 Å². The lowest BCUT2D eigenvalue weighted by Gasteiger charge is -2.18. The first-order chi connectivity index (χ1) is 8.90. The highest BCUT2D eigenvalue weighted by Crippen LogP contribution is 2.06. The summed E-state index contributed by atoms with van der Waals surface area (Å²) in [4.78, 5) is 23.8. The van der Waals surface area contributed by atoms with E-state index in [4.69, 9.17) is 9.84 Å². The van der Waals surface area contributed by atoms with Gasteiger partial charge in [0, 0.05) is 13.6 Å². The van der Waals surface area contributed by atoms with Crippen LogP contribution in [0.2, 0.25) is 0 Å². The Kier molecular flexibility index (Phi) is 5.51. The number of aryl methyl sites for hydroxylation is 1. The van der Waals surface area contributed by atoms with E-state index in [2.05, 4.69) is 0 Å². The molecule has 1 N–H and O–H groups in total. The number of rotatable bonds is 6. The Bertz CT molecular complexity index is 441. The van der Waals surface area contributed by atoms with E-state index < -0.39 is 12.1 Å². The summed E-state index contributed by atoms with van der Waals surface area (Å²) in [6.45, 7) is 3.65. The number of carboxylic acids is 1. The molecule has 0 spiro atoms. The molecule has 0 radical (unpaired) electrons. The Morgan fingerprint density at radius 3 is 2.42 bits per heavy atom. The zero-order valence-corrected chi connectivity index (χ0v) is 11.4. The fraction of sp³-hybridized carbons (Fsp3) is 0.429. The highest BCUT2D eigenvalue weighted by molar-refractivity contribution is 5.78. The average molecular weight is 265 g/mol. The number of benzene rings is 1. The Balaban J connectivity index is 2.44. The monoisotopic (exact) mass is 265 g/mol. The Hall–Kier alpha value is -1.88. The van der Waals surface area contributed by atoms with E-state index >= 15 is 0 Å². The van der Waals surface area contributed by atoms with Gasteiger partial charge in [-0.1, -0.05) is 29.8 Å². The van der Waals surface area contributed by atoms with Crippen molar-refractivity contribution in [3.8, 4) is 0 Å². The van der Waals surface area contributed by atoms with Crippen LogP contribution in [-0.2, 0) is 20.9 Å². The average Bonchev–Trinajstić information content (AvgIpc) is 2.37. The third kappa shape index (κ3) is 5.09. The number of aliphatic carboxylic acids is 1. The zero-order valence-electron chi connectivity index (χ0n) is 11.4. The molecule has 0 bridgehead atoms. The summed E-state index contributed by atoms with van der Waals surface area (Å²) >= 11 is 0. The molecule has 1 rings (SSSR count). The maximum atomic E-state index is 11.7. The lowest BCUT2D eigenvalue weighted by molar-refractivity contribution is -0.152. The minimum absolute atomic E-state index is 0.226. The second-order valence-corrected chi connectivity index (χ2v) is 4.53. The fourth-order valence-electron chi connectivity index (χ4n) is 1.43. The van der Waals surface area contributed by atoms with Gasteiger partial charge in [-0.05, 0) is 19.4 Å². The van der Waals surface area contributed by atoms with Crippen LogP contribution in [0.25, 0.3) is 0 Å². The molecule has 0 aromatic heterocycles. The molecule has 104 valence electrons. The Labute approximate surface area is 112 Å². The zero-order chi connectivity index (χ0) is 14.4. The van der Waals surface area contributed by atoms with E-state index in [1.807, 2.05) is 31.2 Å². The van der Waals surface area contributed by atoms with Gasteiger partial charge in [0.25, 0.3) is 0 Å². The van der Waals surface area contributed by atoms with E-state index in [0.29, 0.717) is 6.54 Å². The highest BCUT2D eigenvalue weighted by Gasteiger charge is 2.15. The quantitative estimate of drug-likeness (QED) is 0.845. The molecule has 0 aliphatic carbocycles. The predicted molar refractivity (Wildman–Crippen MR) is 70.7 cm³/mol. The van der Waals surface area contributed by atoms with Crippen molar-refractivity contribution in [2.24, 2.45) is 0 Å². The largest absolute Gasteiger partial charge is 0.479 e. The van der Waals surface area contributed by atoms with Gasteiger partial charge in [-0.25, -0.2) is 4.79 Å². The van der Waals surface area contributed by atoms with Gasteiger partial charge >= 0.3 is 5.97 Å². The van der Waals surface area contributed by atoms with Crippen molar-refractivity contribution in [2.75, 3.05) is 13.7 Å². The molecule has 19 heavy (non-hydrogen) atoms. The predicted octanol–water partition coefficient (Wildman–Crippen LogP) is 1.44. The van der Waals surface area contributed by atoms with Gasteiger partial charge in [-0.2, -0.15) is 0 Å². The second-order valence-electron chi connectivity index (χ2n) is 4.53. The van der Waals surface area contributed by atoms with Crippen LogP contribution in [0, 0.1) is 6.92 Å². The smallest absolute Gasteiger partial charge is 0.332 e. The van der Waals surface area contributed by atoms with Gasteiger partial charge in [0.2, 0.25) is 5.91 Å². The topological polar surface area (TPSA) is 66.8 Å². The Morgan fingerprint density at radius 2 is 1.89 bits per heavy atom. The summed E-state index contributed by atoms with van der Waals surface area (Å²) in [6.07, 6.45) is -0.975. The van der Waals surface area contributed by atoms with Crippen molar-refractivity contribution < 1.29 is 19.4 Å². The van der Waals surface area contributed by atoms with Gasteiger partial charge in [-0.3, -0.25) is 4.79 Å². The van der Waals surface area contributed by atoms with E-state index in [9.17, 15) is 9.59 Å². The molecule has 1 aromatic carbocycles. The molecular formula is C14H19NO4. The van der Waals surface area contributed by atoms with Crippen molar-refractivity contribution in [1.82, 2.24) is 4.90 Å². The summed E-state index contributed by atoms with van der Waals surface area (Å²) in [7, 11) is 1.66. The first-order valence-electron chi connectivity index (χ1n) is 6.04. The van der Waals surface area contributed by atoms with Crippen molar-refractivity contribution in [3.63, 3.8) is 0 Å². The molecular weight excluding hydrogens is 246 g/mol. The number of carboxylic acid groups (broad SMARTS) is 1. The number of carbonyl (C=O) groups is 2. The first-order valence-corrected chi connectivity index (χ1v) is 6.04. The van der Waals surface area contributed by atoms with Crippen molar-refractivity contribution in [2.45, 2.75) is 26.5 Å². The summed E-state index contributed by atoms with van der Waals surface area (Å²) in [5.41, 5.74) is 2.18. The standard InChI is InChI=1S/C14H19NO4/c1-10-4-6-12(7-5-10)8-15(3)13(16)9-19-11(2)14(17)18/h4-7,11H,8-9H2,1-3H3,(H,17,18)/t11-/m1/s1. The third-order valence-corrected chi connectivity index (χ3v) is 2.77. The van der Waals surface area contributed by atoms with Crippen LogP contribution in [-0.4, -0.2) is 41.6 Å². The van der Waals surface area contributed by atoms with E-state index in [1.54, 1.807) is 7.05 Å². The first kappa shape index (κ1) is 15.2. The molecule has 5 heteroatoms. The van der Waals surface area contributed by atoms with Crippen LogP contribution in [0.1, 0.15) is 18.1 Å². The number of carbonyl (C=O) groups excluding carboxylic acids is 1. The number of likely N-dealkylation sites (N-methyl/N-ethyl adjacent to an activating group) is 1. The molecule has 1 aromatic rings. The minimum Gasteiger partial charge on any atom is -0.479 e. The maximum Gasteiger partial charge on any atom is 0.332 e. The van der Waals surface area contributed by atoms with E-state index in [-0.39, 0.29) is 12.5 Å². The Morgan fingerprint density at radius 1 is 1.32 bits per heavy atom. The molecule has 0 saturated heterocycles. The minimum atomic E-state index is -1.08. The molecule has 0 aliphatic rings. The van der Waals surface area contributed by atoms with Crippen LogP contribution in [0.5, 0.6) is 0 Å².